The molecule has 0 spiro atoms. The summed E-state index contributed by atoms with van der Waals surface area (Å²) in [6, 6.07) is 10.2. The number of Topliss-reactive ketones (excluding diaryl/α,β-unsaturated/α-hetero) is 1. The minimum absolute atomic E-state index is 0.209. The standard InChI is InChI=1S/C15H14N2O3/c1-10-4-6-11(7-5-10)13(18)9-20-15(19)12-3-2-8-17-14(12)16/h2-8H,9H2,1H3,(H2,16,17)/p+1. The SMILES string of the molecule is Cc1ccc(C(=O)COC(=O)c2ccc[nH+]c2N)cc1. The summed E-state index contributed by atoms with van der Waals surface area (Å²) in [6.45, 7) is 1.62. The zero-order valence-electron chi connectivity index (χ0n) is 11.1. The highest BCUT2D eigenvalue weighted by molar-refractivity contribution is 6.00. The van der Waals surface area contributed by atoms with E-state index in [2.05, 4.69) is 4.98 Å². The molecule has 1 aromatic carbocycles. The lowest BCUT2D eigenvalue weighted by molar-refractivity contribution is -0.360. The molecule has 1 heterocycles. The third-order valence-electron chi connectivity index (χ3n) is 2.82. The third kappa shape index (κ3) is 3.20. The Kier molecular flexibility index (Phi) is 4.10. The van der Waals surface area contributed by atoms with Crippen LogP contribution in [0, 0.1) is 6.92 Å². The maximum atomic E-state index is 11.9. The van der Waals surface area contributed by atoms with Gasteiger partial charge in [-0.1, -0.05) is 29.8 Å². The van der Waals surface area contributed by atoms with Gasteiger partial charge in [0.1, 0.15) is 5.56 Å². The van der Waals surface area contributed by atoms with Crippen LogP contribution >= 0.6 is 0 Å². The molecule has 5 nitrogen and oxygen atoms in total. The van der Waals surface area contributed by atoms with Crippen molar-refractivity contribution in [3.05, 3.63) is 59.3 Å². The van der Waals surface area contributed by atoms with Gasteiger partial charge in [0.15, 0.2) is 12.4 Å². The van der Waals surface area contributed by atoms with Crippen LogP contribution in [-0.4, -0.2) is 18.4 Å². The van der Waals surface area contributed by atoms with Crippen LogP contribution in [0.3, 0.4) is 0 Å². The number of carbonyl (C=O) groups excluding carboxylic acids is 2. The molecule has 1 aromatic heterocycles. The van der Waals surface area contributed by atoms with E-state index in [0.717, 1.165) is 5.56 Å². The van der Waals surface area contributed by atoms with Crippen LogP contribution in [-0.2, 0) is 4.74 Å². The monoisotopic (exact) mass is 271 g/mol. The van der Waals surface area contributed by atoms with Gasteiger partial charge >= 0.3 is 5.97 Å². The summed E-state index contributed by atoms with van der Waals surface area (Å²) in [5.41, 5.74) is 7.40. The number of carbonyl (C=O) groups is 2. The van der Waals surface area contributed by atoms with E-state index in [1.807, 2.05) is 19.1 Å². The number of anilines is 1. The van der Waals surface area contributed by atoms with Crippen molar-refractivity contribution in [1.82, 2.24) is 0 Å². The van der Waals surface area contributed by atoms with Gasteiger partial charge in [0.25, 0.3) is 5.82 Å². The Morgan fingerprint density at radius 1 is 1.20 bits per heavy atom. The van der Waals surface area contributed by atoms with Gasteiger partial charge in [-0.2, -0.15) is 0 Å². The average Bonchev–Trinajstić information content (AvgIpc) is 2.45. The maximum Gasteiger partial charge on any atom is 0.346 e. The molecule has 0 saturated heterocycles. The third-order valence-corrected chi connectivity index (χ3v) is 2.82. The van der Waals surface area contributed by atoms with Crippen molar-refractivity contribution in [3.63, 3.8) is 0 Å². The molecule has 0 radical (unpaired) electrons. The summed E-state index contributed by atoms with van der Waals surface area (Å²) in [7, 11) is 0. The van der Waals surface area contributed by atoms with Crippen molar-refractivity contribution in [1.29, 1.82) is 0 Å². The molecule has 0 fully saturated rings. The number of hydrogen-bond acceptors (Lipinski definition) is 4. The molecule has 0 bridgehead atoms. The lowest BCUT2D eigenvalue weighted by atomic mass is 10.1. The van der Waals surface area contributed by atoms with Crippen molar-refractivity contribution in [2.75, 3.05) is 12.3 Å². The minimum Gasteiger partial charge on any atom is -0.453 e. The number of ketones is 1. The summed E-state index contributed by atoms with van der Waals surface area (Å²) < 4.78 is 4.97. The number of nitrogen functional groups attached to an aromatic ring is 1. The maximum absolute atomic E-state index is 11.9. The van der Waals surface area contributed by atoms with Crippen LogP contribution in [0.1, 0.15) is 26.3 Å². The number of aromatic nitrogens is 1. The van der Waals surface area contributed by atoms with Crippen LogP contribution in [0.25, 0.3) is 0 Å². The van der Waals surface area contributed by atoms with Gasteiger partial charge in [-0.05, 0) is 19.1 Å². The van der Waals surface area contributed by atoms with Gasteiger partial charge in [0.2, 0.25) is 0 Å². The molecule has 0 amide bonds. The fraction of sp³-hybridized carbons (Fsp3) is 0.133. The number of aryl methyl sites for hydroxylation is 1. The highest BCUT2D eigenvalue weighted by atomic mass is 16.5. The van der Waals surface area contributed by atoms with Crippen molar-refractivity contribution in [2.24, 2.45) is 0 Å². The number of hydrogen-bond donors (Lipinski definition) is 1. The Morgan fingerprint density at radius 3 is 2.55 bits per heavy atom. The van der Waals surface area contributed by atoms with E-state index in [-0.39, 0.29) is 23.8 Å². The molecule has 0 aliphatic carbocycles. The van der Waals surface area contributed by atoms with Crippen molar-refractivity contribution in [2.45, 2.75) is 6.92 Å². The first kappa shape index (κ1) is 13.7. The van der Waals surface area contributed by atoms with Crippen LogP contribution in [0.4, 0.5) is 5.82 Å². The Labute approximate surface area is 116 Å². The van der Waals surface area contributed by atoms with Gasteiger partial charge in [0, 0.05) is 5.56 Å². The Hall–Kier alpha value is -2.69. The molecule has 0 saturated carbocycles. The number of esters is 1. The van der Waals surface area contributed by atoms with E-state index in [4.69, 9.17) is 10.5 Å². The van der Waals surface area contributed by atoms with E-state index in [1.54, 1.807) is 24.4 Å². The lowest BCUT2D eigenvalue weighted by Gasteiger charge is -2.04. The summed E-state index contributed by atoms with van der Waals surface area (Å²) in [5, 5.41) is 0. The first-order valence-corrected chi connectivity index (χ1v) is 6.11. The van der Waals surface area contributed by atoms with E-state index in [1.165, 1.54) is 6.07 Å². The van der Waals surface area contributed by atoms with Crippen LogP contribution in [0.15, 0.2) is 42.6 Å². The van der Waals surface area contributed by atoms with Crippen LogP contribution < -0.4 is 10.7 Å². The summed E-state index contributed by atoms with van der Waals surface area (Å²) >= 11 is 0. The molecular formula is C15H15N2O3+. The normalized spacial score (nSPS) is 10.1. The van der Waals surface area contributed by atoms with E-state index in [9.17, 15) is 9.59 Å². The molecule has 20 heavy (non-hydrogen) atoms. The summed E-state index contributed by atoms with van der Waals surface area (Å²) in [4.78, 5) is 26.3. The number of aromatic amines is 1. The Bertz CT molecular complexity index is 636. The highest BCUT2D eigenvalue weighted by Gasteiger charge is 2.17. The summed E-state index contributed by atoms with van der Waals surface area (Å²) in [5.74, 6) is -0.670. The number of nitrogens with two attached hydrogens (primary N) is 1. The molecule has 5 heteroatoms. The lowest BCUT2D eigenvalue weighted by Crippen LogP contribution is -2.19. The van der Waals surface area contributed by atoms with Gasteiger partial charge in [0.05, 0.1) is 6.20 Å². The molecule has 102 valence electrons. The van der Waals surface area contributed by atoms with Crippen molar-refractivity contribution < 1.29 is 19.3 Å². The number of benzene rings is 1. The topological polar surface area (TPSA) is 83.5 Å². The zero-order chi connectivity index (χ0) is 14.5. The van der Waals surface area contributed by atoms with Crippen molar-refractivity contribution in [3.8, 4) is 0 Å². The second kappa shape index (κ2) is 5.97. The van der Waals surface area contributed by atoms with Gasteiger partial charge in [-0.25, -0.2) is 9.78 Å². The number of rotatable bonds is 4. The largest absolute Gasteiger partial charge is 0.453 e. The molecule has 3 N–H and O–H groups in total. The number of H-pyrrole nitrogens is 1. The van der Waals surface area contributed by atoms with E-state index >= 15 is 0 Å². The van der Waals surface area contributed by atoms with E-state index in [0.29, 0.717) is 5.56 Å². The first-order valence-electron chi connectivity index (χ1n) is 6.11. The van der Waals surface area contributed by atoms with Crippen molar-refractivity contribution >= 4 is 17.6 Å². The van der Waals surface area contributed by atoms with Gasteiger partial charge in [-0.15, -0.1) is 0 Å². The molecule has 0 aliphatic heterocycles. The molecule has 2 rings (SSSR count). The van der Waals surface area contributed by atoms with Gasteiger partial charge < -0.3 is 4.74 Å². The molecule has 0 atom stereocenters. The number of pyridine rings is 1. The van der Waals surface area contributed by atoms with E-state index < -0.39 is 5.97 Å². The molecule has 2 aromatic rings. The molecule has 0 unspecified atom stereocenters. The number of ether oxygens (including phenoxy) is 1. The Balaban J connectivity index is 1.99. The highest BCUT2D eigenvalue weighted by Crippen LogP contribution is 2.08. The first-order chi connectivity index (χ1) is 9.58. The predicted molar refractivity (Wildman–Crippen MR) is 73.2 cm³/mol. The molecular weight excluding hydrogens is 256 g/mol. The second-order valence-corrected chi connectivity index (χ2v) is 4.36. The minimum atomic E-state index is -0.625. The predicted octanol–water partition coefficient (Wildman–Crippen LogP) is 1.43. The smallest absolute Gasteiger partial charge is 0.346 e. The molecule has 0 aliphatic rings. The second-order valence-electron chi connectivity index (χ2n) is 4.36. The average molecular weight is 271 g/mol. The number of nitrogens with one attached hydrogen (secondary N) is 1. The zero-order valence-corrected chi connectivity index (χ0v) is 11.1. The fourth-order valence-electron chi connectivity index (χ4n) is 1.66. The van der Waals surface area contributed by atoms with Gasteiger partial charge in [-0.3, -0.25) is 10.5 Å². The summed E-state index contributed by atoms with van der Waals surface area (Å²) in [6.07, 6.45) is 1.60. The Morgan fingerprint density at radius 2 is 1.90 bits per heavy atom. The fourth-order valence-corrected chi connectivity index (χ4v) is 1.66. The van der Waals surface area contributed by atoms with Crippen LogP contribution in [0.5, 0.6) is 0 Å². The quantitative estimate of drug-likeness (QED) is 0.673. The van der Waals surface area contributed by atoms with Crippen LogP contribution in [0.2, 0.25) is 0 Å².